The molecule has 1 aromatic carbocycles. The molecule has 0 amide bonds. The molecule has 108 valence electrons. The molecule has 1 aliphatic rings. The van der Waals surface area contributed by atoms with Crippen LogP contribution in [0.15, 0.2) is 28.3 Å². The van der Waals surface area contributed by atoms with Crippen LogP contribution in [0.5, 0.6) is 0 Å². The van der Waals surface area contributed by atoms with E-state index in [-0.39, 0.29) is 0 Å². The van der Waals surface area contributed by atoms with E-state index in [1.54, 1.807) is 0 Å². The lowest BCUT2D eigenvalue weighted by Crippen LogP contribution is -2.25. The van der Waals surface area contributed by atoms with Crippen LogP contribution in [-0.4, -0.2) is 23.2 Å². The summed E-state index contributed by atoms with van der Waals surface area (Å²) in [6.07, 6.45) is 1.03. The smallest absolute Gasteiger partial charge is 0.177 e. The summed E-state index contributed by atoms with van der Waals surface area (Å²) in [6.45, 7) is 5.07. The molecule has 2 rings (SSSR count). The number of amidine groups is 1. The van der Waals surface area contributed by atoms with Crippen LogP contribution in [0.2, 0.25) is 0 Å². The molecule has 1 N–H and O–H groups in total. The zero-order valence-electron chi connectivity index (χ0n) is 11.5. The average Bonchev–Trinajstić information content (AvgIpc) is 2.42. The van der Waals surface area contributed by atoms with Crippen molar-refractivity contribution < 1.29 is 8.78 Å². The van der Waals surface area contributed by atoms with E-state index < -0.39 is 11.6 Å². The van der Waals surface area contributed by atoms with E-state index in [1.165, 1.54) is 17.8 Å². The number of benzene rings is 1. The third-order valence-corrected chi connectivity index (χ3v) is 3.76. The Labute approximate surface area is 121 Å². The van der Waals surface area contributed by atoms with Crippen molar-refractivity contribution in [2.75, 3.05) is 12.3 Å². The van der Waals surface area contributed by atoms with Crippen LogP contribution in [-0.2, 0) is 0 Å². The molecule has 6 heteroatoms. The average molecular weight is 297 g/mol. The summed E-state index contributed by atoms with van der Waals surface area (Å²) >= 11 is 1.52. The highest BCUT2D eigenvalue weighted by Gasteiger charge is 2.14. The Bertz CT molecular complexity index is 541. The van der Waals surface area contributed by atoms with Gasteiger partial charge in [-0.3, -0.25) is 10.4 Å². The van der Waals surface area contributed by atoms with E-state index in [9.17, 15) is 8.78 Å². The van der Waals surface area contributed by atoms with Crippen molar-refractivity contribution in [2.45, 2.75) is 20.3 Å². The molecular weight excluding hydrogens is 280 g/mol. The second-order valence-corrected chi connectivity index (χ2v) is 5.92. The summed E-state index contributed by atoms with van der Waals surface area (Å²) in [5.41, 5.74) is 4.14. The Kier molecular flexibility index (Phi) is 5.11. The number of rotatable bonds is 4. The highest BCUT2D eigenvalue weighted by molar-refractivity contribution is 8.14. The van der Waals surface area contributed by atoms with Crippen LogP contribution in [0.25, 0.3) is 0 Å². The zero-order chi connectivity index (χ0) is 14.5. The highest BCUT2D eigenvalue weighted by Crippen LogP contribution is 2.16. The van der Waals surface area contributed by atoms with E-state index in [1.807, 2.05) is 0 Å². The SMILES string of the molecule is CC(C)CCN=C1NN=C(c2ccc(F)c(F)c2)CS1. The van der Waals surface area contributed by atoms with Gasteiger partial charge in [-0.2, -0.15) is 5.10 Å². The first-order valence-corrected chi connectivity index (χ1v) is 7.50. The van der Waals surface area contributed by atoms with Gasteiger partial charge in [0.25, 0.3) is 0 Å². The standard InChI is InChI=1S/C14H17F2N3S/c1-9(2)5-6-17-14-19-18-13(8-20-14)10-3-4-11(15)12(16)7-10/h3-4,7,9H,5-6,8H2,1-2H3,(H,17,19). The first-order valence-electron chi connectivity index (χ1n) is 6.51. The number of nitrogens with zero attached hydrogens (tertiary/aromatic N) is 2. The predicted octanol–water partition coefficient (Wildman–Crippen LogP) is 3.41. The molecule has 0 radical (unpaired) electrons. The minimum atomic E-state index is -0.855. The molecule has 0 fully saturated rings. The van der Waals surface area contributed by atoms with Gasteiger partial charge in [0, 0.05) is 17.9 Å². The molecule has 1 aliphatic heterocycles. The second kappa shape index (κ2) is 6.83. The molecule has 1 aromatic rings. The summed E-state index contributed by atoms with van der Waals surface area (Å²) in [5.74, 6) is -0.485. The Morgan fingerprint density at radius 3 is 2.75 bits per heavy atom. The van der Waals surface area contributed by atoms with Crippen LogP contribution in [0.3, 0.4) is 0 Å². The van der Waals surface area contributed by atoms with Crippen molar-refractivity contribution in [1.82, 2.24) is 5.43 Å². The predicted molar refractivity (Wildman–Crippen MR) is 80.2 cm³/mol. The number of hydrazone groups is 1. The van der Waals surface area contributed by atoms with E-state index >= 15 is 0 Å². The first-order chi connectivity index (χ1) is 9.56. The van der Waals surface area contributed by atoms with Crippen molar-refractivity contribution in [3.63, 3.8) is 0 Å². The molecule has 20 heavy (non-hydrogen) atoms. The Hall–Kier alpha value is -1.43. The van der Waals surface area contributed by atoms with Gasteiger partial charge in [-0.05, 0) is 30.5 Å². The van der Waals surface area contributed by atoms with Crippen molar-refractivity contribution >= 4 is 22.6 Å². The van der Waals surface area contributed by atoms with E-state index in [0.29, 0.717) is 22.9 Å². The molecule has 0 atom stereocenters. The fourth-order valence-electron chi connectivity index (χ4n) is 1.65. The van der Waals surface area contributed by atoms with Crippen LogP contribution in [0, 0.1) is 17.6 Å². The fourth-order valence-corrected chi connectivity index (χ4v) is 2.44. The maximum Gasteiger partial charge on any atom is 0.177 e. The fraction of sp³-hybridized carbons (Fsp3) is 0.429. The van der Waals surface area contributed by atoms with Gasteiger partial charge in [0.1, 0.15) is 0 Å². The first kappa shape index (κ1) is 15.0. The van der Waals surface area contributed by atoms with Gasteiger partial charge in [-0.25, -0.2) is 8.78 Å². The lowest BCUT2D eigenvalue weighted by atomic mass is 10.1. The quantitative estimate of drug-likeness (QED) is 0.924. The minimum Gasteiger partial charge on any atom is -0.261 e. The number of halogens is 2. The van der Waals surface area contributed by atoms with Gasteiger partial charge in [-0.15, -0.1) is 0 Å². The number of hydrogen-bond donors (Lipinski definition) is 1. The van der Waals surface area contributed by atoms with E-state index in [0.717, 1.165) is 30.3 Å². The highest BCUT2D eigenvalue weighted by atomic mass is 32.2. The zero-order valence-corrected chi connectivity index (χ0v) is 12.3. The second-order valence-electron chi connectivity index (χ2n) is 4.96. The minimum absolute atomic E-state index is 0.588. The largest absolute Gasteiger partial charge is 0.261 e. The van der Waals surface area contributed by atoms with Crippen molar-refractivity contribution in [3.05, 3.63) is 35.4 Å². The molecule has 1 heterocycles. The summed E-state index contributed by atoms with van der Waals surface area (Å²) in [7, 11) is 0. The van der Waals surface area contributed by atoms with E-state index in [4.69, 9.17) is 0 Å². The monoisotopic (exact) mass is 297 g/mol. The van der Waals surface area contributed by atoms with Crippen LogP contribution in [0.1, 0.15) is 25.8 Å². The summed E-state index contributed by atoms with van der Waals surface area (Å²) in [5, 5.41) is 4.95. The molecule has 0 saturated heterocycles. The van der Waals surface area contributed by atoms with Gasteiger partial charge >= 0.3 is 0 Å². The van der Waals surface area contributed by atoms with Crippen molar-refractivity contribution in [2.24, 2.45) is 16.0 Å². The van der Waals surface area contributed by atoms with Gasteiger partial charge in [0.05, 0.1) is 5.71 Å². The van der Waals surface area contributed by atoms with Gasteiger partial charge in [0.15, 0.2) is 16.8 Å². The summed E-state index contributed by atoms with van der Waals surface area (Å²) in [4.78, 5) is 4.41. The number of hydrogen-bond acceptors (Lipinski definition) is 3. The van der Waals surface area contributed by atoms with Crippen molar-refractivity contribution in [3.8, 4) is 0 Å². The maximum absolute atomic E-state index is 13.2. The molecule has 0 saturated carbocycles. The van der Waals surface area contributed by atoms with Gasteiger partial charge in [0.2, 0.25) is 0 Å². The van der Waals surface area contributed by atoms with Gasteiger partial charge in [-0.1, -0.05) is 25.6 Å². The molecule has 0 unspecified atom stereocenters. The van der Waals surface area contributed by atoms with Crippen LogP contribution < -0.4 is 5.43 Å². The molecule has 3 nitrogen and oxygen atoms in total. The maximum atomic E-state index is 13.2. The molecule has 0 aliphatic carbocycles. The van der Waals surface area contributed by atoms with E-state index in [2.05, 4.69) is 29.4 Å². The third kappa shape index (κ3) is 4.03. The number of thioether (sulfide) groups is 1. The molecular formula is C14H17F2N3S. The van der Waals surface area contributed by atoms with Crippen molar-refractivity contribution in [1.29, 1.82) is 0 Å². The molecule has 0 spiro atoms. The topological polar surface area (TPSA) is 36.8 Å². The Morgan fingerprint density at radius 1 is 1.35 bits per heavy atom. The Balaban J connectivity index is 2.00. The van der Waals surface area contributed by atoms with Gasteiger partial charge < -0.3 is 0 Å². The lowest BCUT2D eigenvalue weighted by molar-refractivity contribution is 0.508. The third-order valence-electron chi connectivity index (χ3n) is 2.85. The number of nitrogens with one attached hydrogen (secondary N) is 1. The molecule has 0 aromatic heterocycles. The summed E-state index contributed by atoms with van der Waals surface area (Å²) < 4.78 is 26.0. The number of aliphatic imine (C=N–C) groups is 1. The Morgan fingerprint density at radius 2 is 2.15 bits per heavy atom. The normalized spacial score (nSPS) is 17.2. The van der Waals surface area contributed by atoms with Crippen LogP contribution >= 0.6 is 11.8 Å². The lowest BCUT2D eigenvalue weighted by Gasteiger charge is -2.15. The van der Waals surface area contributed by atoms with Crippen LogP contribution in [0.4, 0.5) is 8.78 Å². The summed E-state index contributed by atoms with van der Waals surface area (Å²) in [6, 6.07) is 3.81. The molecule has 0 bridgehead atoms.